The lowest BCUT2D eigenvalue weighted by molar-refractivity contribution is -0.137. The van der Waals surface area contributed by atoms with E-state index in [0.29, 0.717) is 24.0 Å². The fraction of sp³-hybridized carbons (Fsp3) is 0.240. The number of amides is 1. The Morgan fingerprint density at radius 3 is 2.69 bits per heavy atom. The van der Waals surface area contributed by atoms with Gasteiger partial charge in [0.1, 0.15) is 6.33 Å². The monoisotopic (exact) mass is 499 g/mol. The maximum absolute atomic E-state index is 15.3. The van der Waals surface area contributed by atoms with E-state index < -0.39 is 23.6 Å². The van der Waals surface area contributed by atoms with Crippen LogP contribution in [0.25, 0.3) is 10.9 Å². The number of fused-ring (bicyclic) bond motifs is 1. The van der Waals surface area contributed by atoms with Crippen LogP contribution in [0, 0.1) is 12.7 Å². The molecule has 0 aliphatic heterocycles. The van der Waals surface area contributed by atoms with Gasteiger partial charge in [0.25, 0.3) is 0 Å². The van der Waals surface area contributed by atoms with Gasteiger partial charge in [0.05, 0.1) is 16.8 Å². The first-order valence-corrected chi connectivity index (χ1v) is 11.2. The third-order valence-electron chi connectivity index (χ3n) is 5.77. The number of aromatic nitrogens is 3. The lowest BCUT2D eigenvalue weighted by Crippen LogP contribution is -2.20. The number of anilines is 1. The van der Waals surface area contributed by atoms with Gasteiger partial charge in [-0.1, -0.05) is 6.07 Å². The summed E-state index contributed by atoms with van der Waals surface area (Å²) in [5.74, 6) is -0.607. The first-order valence-electron chi connectivity index (χ1n) is 11.2. The van der Waals surface area contributed by atoms with E-state index in [4.69, 9.17) is 4.74 Å². The second kappa shape index (κ2) is 9.23. The Hall–Kier alpha value is -3.99. The Morgan fingerprint density at radius 1 is 1.14 bits per heavy atom. The molecule has 1 amide bonds. The predicted molar refractivity (Wildman–Crippen MR) is 124 cm³/mol. The summed E-state index contributed by atoms with van der Waals surface area (Å²) in [4.78, 5) is 21.1. The van der Waals surface area contributed by atoms with Crippen LogP contribution < -0.4 is 15.4 Å². The van der Waals surface area contributed by atoms with Crippen molar-refractivity contribution >= 4 is 22.6 Å². The quantitative estimate of drug-likeness (QED) is 0.317. The molecule has 1 saturated carbocycles. The van der Waals surface area contributed by atoms with E-state index in [9.17, 15) is 18.0 Å². The summed E-state index contributed by atoms with van der Waals surface area (Å²) in [6, 6.07) is 10.0. The SMILES string of the molecule is Cc1cc2c(F)c(Oc3cc(CNC4CC4)ncn3)ccc2n1C(=O)Nc1cccc(C(F)(F)F)c1. The van der Waals surface area contributed by atoms with Gasteiger partial charge in [-0.15, -0.1) is 0 Å². The number of aryl methyl sites for hydroxylation is 1. The van der Waals surface area contributed by atoms with E-state index in [-0.39, 0.29) is 28.2 Å². The van der Waals surface area contributed by atoms with Crippen LogP contribution in [0.15, 0.2) is 54.9 Å². The van der Waals surface area contributed by atoms with Gasteiger partial charge < -0.3 is 15.4 Å². The summed E-state index contributed by atoms with van der Waals surface area (Å²) in [6.07, 6.45) is -0.934. The van der Waals surface area contributed by atoms with E-state index in [2.05, 4.69) is 20.6 Å². The number of hydrogen-bond donors (Lipinski definition) is 2. The van der Waals surface area contributed by atoms with Crippen molar-refractivity contribution in [2.24, 2.45) is 0 Å². The fourth-order valence-corrected chi connectivity index (χ4v) is 3.84. The summed E-state index contributed by atoms with van der Waals surface area (Å²) in [7, 11) is 0. The molecule has 4 aromatic rings. The minimum atomic E-state index is -4.55. The zero-order valence-corrected chi connectivity index (χ0v) is 19.1. The first-order chi connectivity index (χ1) is 17.2. The molecule has 186 valence electrons. The highest BCUT2D eigenvalue weighted by molar-refractivity contribution is 6.00. The van der Waals surface area contributed by atoms with Crippen LogP contribution in [-0.4, -0.2) is 26.6 Å². The van der Waals surface area contributed by atoms with Crippen LogP contribution in [-0.2, 0) is 12.7 Å². The number of alkyl halides is 3. The fourth-order valence-electron chi connectivity index (χ4n) is 3.84. The molecule has 2 aromatic heterocycles. The number of carbonyl (C=O) groups excluding carboxylic acids is 1. The van der Waals surface area contributed by atoms with Crippen LogP contribution in [0.5, 0.6) is 11.6 Å². The van der Waals surface area contributed by atoms with Crippen LogP contribution in [0.2, 0.25) is 0 Å². The van der Waals surface area contributed by atoms with Gasteiger partial charge >= 0.3 is 12.2 Å². The molecule has 0 bridgehead atoms. The highest BCUT2D eigenvalue weighted by Gasteiger charge is 2.30. The Balaban J connectivity index is 1.38. The van der Waals surface area contributed by atoms with E-state index in [1.54, 1.807) is 13.0 Å². The summed E-state index contributed by atoms with van der Waals surface area (Å²) in [5.41, 5.74) is 0.409. The normalized spacial score (nSPS) is 13.7. The average molecular weight is 499 g/mol. The second-order valence-corrected chi connectivity index (χ2v) is 8.55. The Labute approximate surface area is 203 Å². The Morgan fingerprint density at radius 2 is 1.94 bits per heavy atom. The molecule has 2 aromatic carbocycles. The molecule has 0 atom stereocenters. The number of halogens is 4. The van der Waals surface area contributed by atoms with E-state index >= 15 is 4.39 Å². The number of rotatable bonds is 6. The molecule has 5 rings (SSSR count). The van der Waals surface area contributed by atoms with Gasteiger partial charge in [-0.3, -0.25) is 4.57 Å². The van der Waals surface area contributed by atoms with E-state index in [1.165, 1.54) is 41.2 Å². The van der Waals surface area contributed by atoms with Crippen molar-refractivity contribution in [3.05, 3.63) is 77.6 Å². The predicted octanol–water partition coefficient (Wildman–Crippen LogP) is 6.02. The molecule has 7 nitrogen and oxygen atoms in total. The smallest absolute Gasteiger partial charge is 0.416 e. The van der Waals surface area contributed by atoms with Crippen LogP contribution in [0.4, 0.5) is 28.0 Å². The molecule has 36 heavy (non-hydrogen) atoms. The standard InChI is InChI=1S/C25H21F4N5O2/c1-14-9-19-20(34(14)24(35)33-17-4-2-3-15(10-17)25(27,28)29)7-8-21(23(19)26)36-22-11-18(31-13-32-22)12-30-16-5-6-16/h2-4,7-11,13,16,30H,5-6,12H2,1H3,(H,33,35). The third-order valence-corrected chi connectivity index (χ3v) is 5.77. The molecular formula is C25H21F4N5O2. The third kappa shape index (κ3) is 5.01. The summed E-state index contributed by atoms with van der Waals surface area (Å²) < 4.78 is 61.2. The van der Waals surface area contributed by atoms with Crippen molar-refractivity contribution in [1.82, 2.24) is 19.9 Å². The zero-order valence-electron chi connectivity index (χ0n) is 19.1. The highest BCUT2D eigenvalue weighted by Crippen LogP contribution is 2.33. The number of nitrogens with one attached hydrogen (secondary N) is 2. The molecule has 0 saturated heterocycles. The molecule has 1 aliphatic rings. The molecule has 0 spiro atoms. The molecule has 2 heterocycles. The van der Waals surface area contributed by atoms with Crippen LogP contribution >= 0.6 is 0 Å². The lowest BCUT2D eigenvalue weighted by Gasteiger charge is -2.12. The van der Waals surface area contributed by atoms with E-state index in [0.717, 1.165) is 25.0 Å². The topological polar surface area (TPSA) is 81.1 Å². The average Bonchev–Trinajstić information content (AvgIpc) is 3.60. The van der Waals surface area contributed by atoms with Gasteiger partial charge in [0.2, 0.25) is 5.88 Å². The molecule has 1 fully saturated rings. The van der Waals surface area contributed by atoms with Crippen molar-refractivity contribution in [2.75, 3.05) is 5.32 Å². The minimum Gasteiger partial charge on any atom is -0.436 e. The van der Waals surface area contributed by atoms with Crippen LogP contribution in [0.1, 0.15) is 29.8 Å². The zero-order chi connectivity index (χ0) is 25.4. The van der Waals surface area contributed by atoms with Crippen molar-refractivity contribution in [3.63, 3.8) is 0 Å². The molecule has 2 N–H and O–H groups in total. The summed E-state index contributed by atoms with van der Waals surface area (Å²) in [6.45, 7) is 2.14. The van der Waals surface area contributed by atoms with Crippen molar-refractivity contribution in [1.29, 1.82) is 0 Å². The maximum atomic E-state index is 15.3. The van der Waals surface area contributed by atoms with Gasteiger partial charge in [-0.25, -0.2) is 19.2 Å². The second-order valence-electron chi connectivity index (χ2n) is 8.55. The van der Waals surface area contributed by atoms with Crippen LogP contribution in [0.3, 0.4) is 0 Å². The molecule has 0 unspecified atom stereocenters. The van der Waals surface area contributed by atoms with Gasteiger partial charge in [0.15, 0.2) is 11.6 Å². The number of nitrogens with zero attached hydrogens (tertiary/aromatic N) is 3. The largest absolute Gasteiger partial charge is 0.436 e. The maximum Gasteiger partial charge on any atom is 0.416 e. The lowest BCUT2D eigenvalue weighted by atomic mass is 10.2. The first kappa shape index (κ1) is 23.7. The van der Waals surface area contributed by atoms with E-state index in [1.807, 2.05) is 0 Å². The van der Waals surface area contributed by atoms with Crippen molar-refractivity contribution in [2.45, 2.75) is 38.5 Å². The molecule has 11 heteroatoms. The minimum absolute atomic E-state index is 0.0350. The Bertz CT molecular complexity index is 1450. The highest BCUT2D eigenvalue weighted by atomic mass is 19.4. The van der Waals surface area contributed by atoms with Gasteiger partial charge in [-0.2, -0.15) is 13.2 Å². The summed E-state index contributed by atoms with van der Waals surface area (Å²) >= 11 is 0. The molecular weight excluding hydrogens is 478 g/mol. The molecule has 0 radical (unpaired) electrons. The van der Waals surface area contributed by atoms with Crippen molar-refractivity contribution in [3.8, 4) is 11.6 Å². The van der Waals surface area contributed by atoms with Gasteiger partial charge in [0, 0.05) is 35.4 Å². The summed E-state index contributed by atoms with van der Waals surface area (Å²) in [5, 5.41) is 5.89. The number of carbonyl (C=O) groups is 1. The van der Waals surface area contributed by atoms with Crippen molar-refractivity contribution < 1.29 is 27.1 Å². The number of ether oxygens (including phenoxy) is 1. The number of hydrogen-bond acceptors (Lipinski definition) is 5. The Kier molecular flexibility index (Phi) is 6.09. The molecule has 1 aliphatic carbocycles. The van der Waals surface area contributed by atoms with Gasteiger partial charge in [-0.05, 0) is 56.2 Å². The number of benzene rings is 2.